The third-order valence-corrected chi connectivity index (χ3v) is 3.60. The molecule has 4 nitrogen and oxygen atoms in total. The topological polar surface area (TPSA) is 41.1 Å². The number of aromatic nitrogens is 2. The van der Waals surface area contributed by atoms with Gasteiger partial charge in [-0.15, -0.1) is 0 Å². The minimum Gasteiger partial charge on any atom is -0.370 e. The van der Waals surface area contributed by atoms with Gasteiger partial charge in [-0.05, 0) is 27.2 Å². The van der Waals surface area contributed by atoms with E-state index in [0.717, 1.165) is 42.7 Å². The molecular weight excluding hydrogens is 260 g/mol. The molecule has 0 fully saturated rings. The summed E-state index contributed by atoms with van der Waals surface area (Å²) in [5.41, 5.74) is 1.11. The highest BCUT2D eigenvalue weighted by Gasteiger charge is 2.22. The van der Waals surface area contributed by atoms with Crippen LogP contribution in [0.2, 0.25) is 0 Å². The maximum Gasteiger partial charge on any atom is 0.138 e. The Labute approximate surface area is 130 Å². The average molecular weight is 292 g/mol. The Balaban J connectivity index is 3.30. The summed E-state index contributed by atoms with van der Waals surface area (Å²) in [7, 11) is 0. The first kappa shape index (κ1) is 17.7. The van der Waals surface area contributed by atoms with Crippen molar-refractivity contribution in [2.24, 2.45) is 0 Å². The molecule has 0 saturated carbocycles. The Morgan fingerprint density at radius 1 is 1.10 bits per heavy atom. The van der Waals surface area contributed by atoms with Gasteiger partial charge in [0.2, 0.25) is 0 Å². The molecule has 1 aromatic rings. The van der Waals surface area contributed by atoms with Crippen molar-refractivity contribution in [1.29, 1.82) is 0 Å². The van der Waals surface area contributed by atoms with Gasteiger partial charge in [-0.2, -0.15) is 0 Å². The molecule has 0 atom stereocenters. The van der Waals surface area contributed by atoms with Gasteiger partial charge in [-0.3, -0.25) is 0 Å². The van der Waals surface area contributed by atoms with E-state index in [-0.39, 0.29) is 5.41 Å². The standard InChI is InChI=1S/C17H32N4/c1-8-11-12-21(10-3)15-13(4)14(18-9-2)19-16(20-15)17(5,6)7/h8-12H2,1-7H3,(H,18,19,20). The van der Waals surface area contributed by atoms with Crippen molar-refractivity contribution in [1.82, 2.24) is 9.97 Å². The van der Waals surface area contributed by atoms with Gasteiger partial charge >= 0.3 is 0 Å². The van der Waals surface area contributed by atoms with Gasteiger partial charge in [-0.25, -0.2) is 9.97 Å². The number of hydrogen-bond acceptors (Lipinski definition) is 4. The predicted molar refractivity (Wildman–Crippen MR) is 92.4 cm³/mol. The highest BCUT2D eigenvalue weighted by atomic mass is 15.2. The zero-order chi connectivity index (χ0) is 16.0. The SMILES string of the molecule is CCCCN(CC)c1nc(C(C)(C)C)nc(NCC)c1C. The maximum atomic E-state index is 4.89. The second-order valence-electron chi connectivity index (χ2n) is 6.56. The average Bonchev–Trinajstić information content (AvgIpc) is 2.42. The molecule has 0 bridgehead atoms. The van der Waals surface area contributed by atoms with Crippen LogP contribution in [0.15, 0.2) is 0 Å². The van der Waals surface area contributed by atoms with Gasteiger partial charge < -0.3 is 10.2 Å². The molecule has 1 aromatic heterocycles. The van der Waals surface area contributed by atoms with E-state index in [1.807, 2.05) is 0 Å². The molecule has 4 heteroatoms. The monoisotopic (exact) mass is 292 g/mol. The van der Waals surface area contributed by atoms with E-state index in [9.17, 15) is 0 Å². The van der Waals surface area contributed by atoms with Crippen LogP contribution < -0.4 is 10.2 Å². The Bertz CT molecular complexity index is 449. The third kappa shape index (κ3) is 4.58. The van der Waals surface area contributed by atoms with Crippen LogP contribution in [-0.2, 0) is 5.41 Å². The summed E-state index contributed by atoms with van der Waals surface area (Å²) >= 11 is 0. The van der Waals surface area contributed by atoms with E-state index in [1.54, 1.807) is 0 Å². The van der Waals surface area contributed by atoms with Crippen LogP contribution in [-0.4, -0.2) is 29.6 Å². The van der Waals surface area contributed by atoms with Crippen LogP contribution in [0.3, 0.4) is 0 Å². The molecule has 0 spiro atoms. The van der Waals surface area contributed by atoms with Gasteiger partial charge in [-0.1, -0.05) is 34.1 Å². The van der Waals surface area contributed by atoms with Crippen LogP contribution in [0.25, 0.3) is 0 Å². The van der Waals surface area contributed by atoms with Crippen LogP contribution >= 0.6 is 0 Å². The molecule has 120 valence electrons. The molecule has 0 aliphatic heterocycles. The predicted octanol–water partition coefficient (Wildman–Crippen LogP) is 4.14. The van der Waals surface area contributed by atoms with Crippen molar-refractivity contribution >= 4 is 11.6 Å². The zero-order valence-electron chi connectivity index (χ0n) is 14.9. The Morgan fingerprint density at radius 3 is 2.24 bits per heavy atom. The van der Waals surface area contributed by atoms with Crippen molar-refractivity contribution in [3.05, 3.63) is 11.4 Å². The van der Waals surface area contributed by atoms with E-state index in [1.165, 1.54) is 12.8 Å². The Hall–Kier alpha value is -1.32. The van der Waals surface area contributed by atoms with Crippen molar-refractivity contribution in [2.75, 3.05) is 29.9 Å². The highest BCUT2D eigenvalue weighted by Crippen LogP contribution is 2.28. The number of nitrogens with zero attached hydrogens (tertiary/aromatic N) is 3. The molecule has 0 unspecified atom stereocenters. The largest absolute Gasteiger partial charge is 0.370 e. The molecule has 0 saturated heterocycles. The summed E-state index contributed by atoms with van der Waals surface area (Å²) in [6, 6.07) is 0. The quantitative estimate of drug-likeness (QED) is 0.820. The van der Waals surface area contributed by atoms with Gasteiger partial charge in [0.25, 0.3) is 0 Å². The first-order valence-electron chi connectivity index (χ1n) is 8.23. The lowest BCUT2D eigenvalue weighted by Crippen LogP contribution is -2.28. The summed E-state index contributed by atoms with van der Waals surface area (Å²) in [5.74, 6) is 2.97. The lowest BCUT2D eigenvalue weighted by atomic mass is 9.95. The maximum absolute atomic E-state index is 4.89. The number of hydrogen-bond donors (Lipinski definition) is 1. The number of anilines is 2. The molecule has 1 heterocycles. The molecule has 0 amide bonds. The summed E-state index contributed by atoms with van der Waals surface area (Å²) in [6.07, 6.45) is 2.39. The summed E-state index contributed by atoms with van der Waals surface area (Å²) in [4.78, 5) is 12.0. The molecule has 0 aliphatic carbocycles. The summed E-state index contributed by atoms with van der Waals surface area (Å²) < 4.78 is 0. The van der Waals surface area contributed by atoms with Crippen molar-refractivity contribution in [3.8, 4) is 0 Å². The molecule has 1 rings (SSSR count). The fraction of sp³-hybridized carbons (Fsp3) is 0.765. The number of nitrogens with one attached hydrogen (secondary N) is 1. The van der Waals surface area contributed by atoms with Crippen molar-refractivity contribution < 1.29 is 0 Å². The molecule has 0 aromatic carbocycles. The first-order valence-corrected chi connectivity index (χ1v) is 8.23. The fourth-order valence-corrected chi connectivity index (χ4v) is 2.25. The van der Waals surface area contributed by atoms with Crippen LogP contribution in [0.5, 0.6) is 0 Å². The van der Waals surface area contributed by atoms with Gasteiger partial charge in [0.15, 0.2) is 0 Å². The van der Waals surface area contributed by atoms with E-state index >= 15 is 0 Å². The van der Waals surface area contributed by atoms with Gasteiger partial charge in [0.1, 0.15) is 17.5 Å². The number of rotatable bonds is 7. The van der Waals surface area contributed by atoms with Crippen LogP contribution in [0, 0.1) is 6.92 Å². The van der Waals surface area contributed by atoms with Crippen LogP contribution in [0.1, 0.15) is 65.8 Å². The van der Waals surface area contributed by atoms with Crippen molar-refractivity contribution in [2.45, 2.75) is 66.7 Å². The van der Waals surface area contributed by atoms with Crippen LogP contribution in [0.4, 0.5) is 11.6 Å². The minimum absolute atomic E-state index is 0.0449. The smallest absolute Gasteiger partial charge is 0.138 e. The molecule has 0 radical (unpaired) electrons. The van der Waals surface area contributed by atoms with E-state index in [2.05, 4.69) is 58.7 Å². The normalized spacial score (nSPS) is 11.6. The molecule has 0 aliphatic rings. The van der Waals surface area contributed by atoms with E-state index in [4.69, 9.17) is 9.97 Å². The van der Waals surface area contributed by atoms with E-state index in [0.29, 0.717) is 0 Å². The van der Waals surface area contributed by atoms with Crippen molar-refractivity contribution in [3.63, 3.8) is 0 Å². The third-order valence-electron chi connectivity index (χ3n) is 3.60. The second kappa shape index (κ2) is 7.62. The Kier molecular flexibility index (Phi) is 6.43. The molecule has 1 N–H and O–H groups in total. The van der Waals surface area contributed by atoms with Gasteiger partial charge in [0.05, 0.1) is 0 Å². The second-order valence-corrected chi connectivity index (χ2v) is 6.56. The highest BCUT2D eigenvalue weighted by molar-refractivity contribution is 5.59. The Morgan fingerprint density at radius 2 is 1.76 bits per heavy atom. The number of unbranched alkanes of at least 4 members (excludes halogenated alkanes) is 1. The summed E-state index contributed by atoms with van der Waals surface area (Å²) in [6.45, 7) is 18.1. The fourth-order valence-electron chi connectivity index (χ4n) is 2.25. The molecule has 21 heavy (non-hydrogen) atoms. The van der Waals surface area contributed by atoms with Gasteiger partial charge in [0, 0.05) is 30.6 Å². The van der Waals surface area contributed by atoms with E-state index < -0.39 is 0 Å². The molecular formula is C17H32N4. The lowest BCUT2D eigenvalue weighted by Gasteiger charge is -2.27. The lowest BCUT2D eigenvalue weighted by molar-refractivity contribution is 0.543. The first-order chi connectivity index (χ1) is 9.85. The minimum atomic E-state index is -0.0449. The summed E-state index contributed by atoms with van der Waals surface area (Å²) in [5, 5.41) is 3.39. The zero-order valence-corrected chi connectivity index (χ0v) is 14.9.